The molecule has 0 unspecified atom stereocenters. The van der Waals surface area contributed by atoms with Gasteiger partial charge in [-0.15, -0.1) is 0 Å². The van der Waals surface area contributed by atoms with Gasteiger partial charge in [-0.2, -0.15) is 0 Å². The van der Waals surface area contributed by atoms with Crippen LogP contribution in [0.25, 0.3) is 10.8 Å². The lowest BCUT2D eigenvalue weighted by atomic mass is 9.90. The number of anilines is 1. The molecule has 30 heavy (non-hydrogen) atoms. The third-order valence-electron chi connectivity index (χ3n) is 4.78. The van der Waals surface area contributed by atoms with Crippen molar-refractivity contribution in [1.82, 2.24) is 9.97 Å². The summed E-state index contributed by atoms with van der Waals surface area (Å²) in [5.41, 5.74) is 1.39. The molecule has 0 fully saturated rings. The van der Waals surface area contributed by atoms with Crippen molar-refractivity contribution in [1.29, 1.82) is 0 Å². The van der Waals surface area contributed by atoms with Crippen LogP contribution in [0, 0.1) is 0 Å². The SMILES string of the molecule is [B]c1cccc2cc(S(=O)(=O)N(Cc3ccc(OC)cc3)c3ccncn3)ccc12. The van der Waals surface area contributed by atoms with Gasteiger partial charge >= 0.3 is 0 Å². The van der Waals surface area contributed by atoms with E-state index in [4.69, 9.17) is 12.6 Å². The highest BCUT2D eigenvalue weighted by atomic mass is 32.2. The lowest BCUT2D eigenvalue weighted by Crippen LogP contribution is -2.31. The summed E-state index contributed by atoms with van der Waals surface area (Å²) in [6.45, 7) is 0.109. The second kappa shape index (κ2) is 8.16. The van der Waals surface area contributed by atoms with Gasteiger partial charge in [0.05, 0.1) is 18.6 Å². The molecule has 4 rings (SSSR count). The molecule has 0 spiro atoms. The summed E-state index contributed by atoms with van der Waals surface area (Å²) in [5.74, 6) is 0.982. The first kappa shape index (κ1) is 19.9. The highest BCUT2D eigenvalue weighted by molar-refractivity contribution is 7.92. The second-order valence-corrected chi connectivity index (χ2v) is 8.52. The predicted molar refractivity (Wildman–Crippen MR) is 118 cm³/mol. The van der Waals surface area contributed by atoms with E-state index in [-0.39, 0.29) is 17.3 Å². The van der Waals surface area contributed by atoms with Crippen LogP contribution < -0.4 is 14.5 Å². The summed E-state index contributed by atoms with van der Waals surface area (Å²) in [4.78, 5) is 8.23. The molecule has 0 saturated heterocycles. The fourth-order valence-electron chi connectivity index (χ4n) is 3.19. The summed E-state index contributed by atoms with van der Waals surface area (Å²) in [6.07, 6.45) is 2.84. The van der Waals surface area contributed by atoms with Crippen LogP contribution in [0.5, 0.6) is 5.75 Å². The van der Waals surface area contributed by atoms with Crippen molar-refractivity contribution in [3.8, 4) is 5.75 Å². The maximum Gasteiger partial charge on any atom is 0.265 e. The fourth-order valence-corrected chi connectivity index (χ4v) is 4.64. The van der Waals surface area contributed by atoms with E-state index in [1.165, 1.54) is 16.8 Å². The van der Waals surface area contributed by atoms with Gasteiger partial charge in [-0.3, -0.25) is 0 Å². The lowest BCUT2D eigenvalue weighted by Gasteiger charge is -2.24. The van der Waals surface area contributed by atoms with Crippen LogP contribution in [-0.4, -0.2) is 33.3 Å². The molecule has 0 amide bonds. The summed E-state index contributed by atoms with van der Waals surface area (Å²) in [7, 11) is 3.69. The molecule has 6 nitrogen and oxygen atoms in total. The van der Waals surface area contributed by atoms with E-state index < -0.39 is 10.0 Å². The molecule has 4 aromatic rings. The van der Waals surface area contributed by atoms with Gasteiger partial charge in [0.15, 0.2) is 0 Å². The molecule has 0 aliphatic rings. The number of fused-ring (bicyclic) bond motifs is 1. The van der Waals surface area contributed by atoms with Crippen LogP contribution in [0.3, 0.4) is 0 Å². The van der Waals surface area contributed by atoms with Crippen molar-refractivity contribution in [3.63, 3.8) is 0 Å². The van der Waals surface area contributed by atoms with Gasteiger partial charge < -0.3 is 4.74 Å². The Morgan fingerprint density at radius 1 is 1.03 bits per heavy atom. The number of nitrogens with zero attached hydrogens (tertiary/aromatic N) is 3. The number of hydrogen-bond donors (Lipinski definition) is 0. The fraction of sp³-hybridized carbons (Fsp3) is 0.0909. The average molecular weight is 415 g/mol. The van der Waals surface area contributed by atoms with Gasteiger partial charge in [0.1, 0.15) is 25.7 Å². The van der Waals surface area contributed by atoms with E-state index in [1.54, 1.807) is 55.6 Å². The third-order valence-corrected chi connectivity index (χ3v) is 6.53. The number of rotatable bonds is 6. The first-order valence-corrected chi connectivity index (χ1v) is 10.6. The van der Waals surface area contributed by atoms with Crippen LogP contribution in [0.2, 0.25) is 0 Å². The summed E-state index contributed by atoms with van der Waals surface area (Å²) in [6, 6.07) is 19.1. The normalized spacial score (nSPS) is 11.4. The van der Waals surface area contributed by atoms with Gasteiger partial charge in [-0.05, 0) is 40.6 Å². The Hall–Kier alpha value is -3.39. The monoisotopic (exact) mass is 415 g/mol. The van der Waals surface area contributed by atoms with Crippen molar-refractivity contribution in [2.45, 2.75) is 11.4 Å². The molecule has 0 aliphatic carbocycles. The van der Waals surface area contributed by atoms with Gasteiger partial charge in [-0.25, -0.2) is 22.7 Å². The minimum absolute atomic E-state index is 0.109. The Morgan fingerprint density at radius 2 is 1.83 bits per heavy atom. The zero-order chi connectivity index (χ0) is 21.1. The van der Waals surface area contributed by atoms with Gasteiger partial charge in [0.25, 0.3) is 10.0 Å². The van der Waals surface area contributed by atoms with Crippen LogP contribution in [0.4, 0.5) is 5.82 Å². The van der Waals surface area contributed by atoms with Crippen molar-refractivity contribution >= 4 is 39.9 Å². The number of benzene rings is 3. The van der Waals surface area contributed by atoms with Crippen LogP contribution >= 0.6 is 0 Å². The molecule has 2 radical (unpaired) electrons. The zero-order valence-corrected chi connectivity index (χ0v) is 17.1. The summed E-state index contributed by atoms with van der Waals surface area (Å²) >= 11 is 0. The van der Waals surface area contributed by atoms with Crippen molar-refractivity contribution < 1.29 is 13.2 Å². The third kappa shape index (κ3) is 3.86. The van der Waals surface area contributed by atoms with E-state index in [0.29, 0.717) is 11.2 Å². The number of methoxy groups -OCH3 is 1. The maximum atomic E-state index is 13.6. The number of ether oxygens (including phenoxy) is 1. The van der Waals surface area contributed by atoms with E-state index in [2.05, 4.69) is 9.97 Å². The molecule has 1 heterocycles. The minimum atomic E-state index is -3.90. The largest absolute Gasteiger partial charge is 0.497 e. The van der Waals surface area contributed by atoms with Crippen LogP contribution in [-0.2, 0) is 16.6 Å². The highest BCUT2D eigenvalue weighted by Crippen LogP contribution is 2.26. The molecular weight excluding hydrogens is 397 g/mol. The minimum Gasteiger partial charge on any atom is -0.497 e. The van der Waals surface area contributed by atoms with Crippen molar-refractivity contribution in [2.24, 2.45) is 0 Å². The standard InChI is InChI=1S/C22H18BN3O3S/c1-29-18-7-5-16(6-8-18)14-26(22-11-12-24-15-25-22)30(27,28)19-9-10-20-17(13-19)3-2-4-21(20)23/h2-13,15H,14H2,1H3. The number of sulfonamides is 1. The van der Waals surface area contributed by atoms with Crippen molar-refractivity contribution in [3.05, 3.63) is 84.8 Å². The molecule has 0 N–H and O–H groups in total. The Labute approximate surface area is 176 Å². The predicted octanol–water partition coefficient (Wildman–Crippen LogP) is 2.83. The van der Waals surface area contributed by atoms with Gasteiger partial charge in [0, 0.05) is 12.3 Å². The van der Waals surface area contributed by atoms with E-state index >= 15 is 0 Å². The Kier molecular flexibility index (Phi) is 5.41. The van der Waals surface area contributed by atoms with E-state index in [0.717, 1.165) is 16.3 Å². The first-order chi connectivity index (χ1) is 14.5. The molecule has 0 atom stereocenters. The summed E-state index contributed by atoms with van der Waals surface area (Å²) < 4.78 is 33.6. The quantitative estimate of drug-likeness (QED) is 0.453. The number of hydrogen-bond acceptors (Lipinski definition) is 5. The van der Waals surface area contributed by atoms with Gasteiger partial charge in [-0.1, -0.05) is 41.9 Å². The molecule has 0 aliphatic heterocycles. The molecule has 1 aromatic heterocycles. The molecule has 148 valence electrons. The van der Waals surface area contributed by atoms with Gasteiger partial charge in [0.2, 0.25) is 0 Å². The maximum absolute atomic E-state index is 13.6. The second-order valence-electron chi connectivity index (χ2n) is 6.66. The van der Waals surface area contributed by atoms with Crippen LogP contribution in [0.15, 0.2) is 84.1 Å². The highest BCUT2D eigenvalue weighted by Gasteiger charge is 2.26. The summed E-state index contributed by atoms with van der Waals surface area (Å²) in [5, 5.41) is 1.56. The van der Waals surface area contributed by atoms with Crippen LogP contribution in [0.1, 0.15) is 5.56 Å². The average Bonchev–Trinajstić information content (AvgIpc) is 2.78. The Balaban J connectivity index is 1.79. The van der Waals surface area contributed by atoms with E-state index in [9.17, 15) is 8.42 Å². The Bertz CT molecular complexity index is 1280. The zero-order valence-electron chi connectivity index (χ0n) is 16.3. The molecule has 8 heteroatoms. The topological polar surface area (TPSA) is 72.4 Å². The molecule has 0 bridgehead atoms. The first-order valence-electron chi connectivity index (χ1n) is 9.19. The lowest BCUT2D eigenvalue weighted by molar-refractivity contribution is 0.414. The molecule has 0 saturated carbocycles. The smallest absolute Gasteiger partial charge is 0.265 e. The Morgan fingerprint density at radius 3 is 2.53 bits per heavy atom. The number of aromatic nitrogens is 2. The molecular formula is C22H18BN3O3S. The van der Waals surface area contributed by atoms with Crippen molar-refractivity contribution in [2.75, 3.05) is 11.4 Å². The molecule has 3 aromatic carbocycles. The van der Waals surface area contributed by atoms with E-state index in [1.807, 2.05) is 18.2 Å².